The van der Waals surface area contributed by atoms with Crippen molar-refractivity contribution < 1.29 is 25.2 Å². The summed E-state index contributed by atoms with van der Waals surface area (Å²) in [7, 11) is 0. The molecule has 1 saturated heterocycles. The van der Waals surface area contributed by atoms with Crippen molar-refractivity contribution in [1.82, 2.24) is 14.5 Å². The molecule has 9 heteroatoms. The van der Waals surface area contributed by atoms with E-state index in [1.54, 1.807) is 6.07 Å². The van der Waals surface area contributed by atoms with Gasteiger partial charge >= 0.3 is 0 Å². The van der Waals surface area contributed by atoms with Crippen LogP contribution in [0.4, 0.5) is 5.82 Å². The average molecular weight is 296 g/mol. The Morgan fingerprint density at radius 2 is 2.05 bits per heavy atom. The van der Waals surface area contributed by atoms with Gasteiger partial charge in [-0.3, -0.25) is 0 Å². The molecule has 1 fully saturated rings. The Labute approximate surface area is 119 Å². The fourth-order valence-corrected chi connectivity index (χ4v) is 2.50. The smallest absolute Gasteiger partial charge is 0.164 e. The lowest BCUT2D eigenvalue weighted by Gasteiger charge is -2.17. The molecular weight excluding hydrogens is 280 g/mol. The number of aliphatic hydroxyl groups excluding tert-OH is 4. The molecule has 0 radical (unpaired) electrons. The summed E-state index contributed by atoms with van der Waals surface area (Å²) >= 11 is 0. The van der Waals surface area contributed by atoms with Gasteiger partial charge < -0.3 is 35.5 Å². The van der Waals surface area contributed by atoms with E-state index >= 15 is 0 Å². The highest BCUT2D eigenvalue weighted by Gasteiger charge is 2.43. The molecule has 0 amide bonds. The van der Waals surface area contributed by atoms with Crippen molar-refractivity contribution in [2.24, 2.45) is 0 Å². The second kappa shape index (κ2) is 5.20. The first-order valence-corrected chi connectivity index (χ1v) is 6.42. The van der Waals surface area contributed by atoms with Crippen molar-refractivity contribution in [3.8, 4) is 0 Å². The number of anilines is 1. The molecule has 9 nitrogen and oxygen atoms in total. The molecule has 0 unspecified atom stereocenters. The van der Waals surface area contributed by atoms with Crippen molar-refractivity contribution in [2.45, 2.75) is 31.1 Å². The van der Waals surface area contributed by atoms with Gasteiger partial charge in [-0.1, -0.05) is 0 Å². The van der Waals surface area contributed by atoms with E-state index in [9.17, 15) is 15.3 Å². The lowest BCUT2D eigenvalue weighted by Crippen LogP contribution is -2.33. The zero-order valence-electron chi connectivity index (χ0n) is 11.0. The summed E-state index contributed by atoms with van der Waals surface area (Å²) in [6.45, 7) is -0.700. The topological polar surface area (TPSA) is 147 Å². The maximum absolute atomic E-state index is 10.1. The van der Waals surface area contributed by atoms with Gasteiger partial charge in [0.25, 0.3) is 0 Å². The average Bonchev–Trinajstić information content (AvgIpc) is 3.02. The molecule has 114 valence electrons. The number of hydrogen-bond donors (Lipinski definition) is 5. The lowest BCUT2D eigenvalue weighted by atomic mass is 10.1. The third-order valence-electron chi connectivity index (χ3n) is 3.60. The molecule has 0 aliphatic carbocycles. The first-order valence-electron chi connectivity index (χ1n) is 6.42. The minimum Gasteiger partial charge on any atom is -0.394 e. The number of rotatable bonds is 3. The summed E-state index contributed by atoms with van der Waals surface area (Å²) < 4.78 is 6.95. The SMILES string of the molecule is Nc1nc(CO)cc2c1ncn2[C@@H]1O[C@H](CO)[C@@H](O)[C@H]1O. The van der Waals surface area contributed by atoms with Gasteiger partial charge in [-0.25, -0.2) is 9.97 Å². The normalized spacial score (nSPS) is 29.3. The van der Waals surface area contributed by atoms with Crippen LogP contribution in [0.25, 0.3) is 11.0 Å². The standard InChI is InChI=1S/C12H16N4O5/c13-11-8-6(1-5(2-17)15-11)16(4-14-8)12-10(20)9(19)7(3-18)21-12/h1,4,7,9-10,12,17-20H,2-3H2,(H2,13,15)/t7-,9-,10-,12-/m1/s1. The van der Waals surface area contributed by atoms with Gasteiger partial charge in [0.2, 0.25) is 0 Å². The molecule has 3 heterocycles. The van der Waals surface area contributed by atoms with Crippen molar-refractivity contribution in [2.75, 3.05) is 12.3 Å². The number of aliphatic hydroxyl groups is 4. The van der Waals surface area contributed by atoms with E-state index in [-0.39, 0.29) is 12.4 Å². The maximum atomic E-state index is 10.1. The molecule has 0 saturated carbocycles. The summed E-state index contributed by atoms with van der Waals surface area (Å²) in [5, 5.41) is 38.2. The minimum absolute atomic E-state index is 0.155. The van der Waals surface area contributed by atoms with Crippen LogP contribution in [-0.4, -0.2) is 59.9 Å². The van der Waals surface area contributed by atoms with Crippen LogP contribution in [0.3, 0.4) is 0 Å². The summed E-state index contributed by atoms with van der Waals surface area (Å²) in [6, 6.07) is 1.58. The number of aromatic nitrogens is 3. The predicted octanol–water partition coefficient (Wildman–Crippen LogP) is -1.88. The molecule has 2 aromatic rings. The van der Waals surface area contributed by atoms with Crippen LogP contribution in [0, 0.1) is 0 Å². The van der Waals surface area contributed by atoms with Crippen molar-refractivity contribution in [3.63, 3.8) is 0 Å². The second-order valence-electron chi connectivity index (χ2n) is 4.91. The van der Waals surface area contributed by atoms with E-state index in [2.05, 4.69) is 9.97 Å². The van der Waals surface area contributed by atoms with Gasteiger partial charge in [0, 0.05) is 0 Å². The van der Waals surface area contributed by atoms with Crippen LogP contribution in [0.5, 0.6) is 0 Å². The fourth-order valence-electron chi connectivity index (χ4n) is 2.50. The van der Waals surface area contributed by atoms with Crippen molar-refractivity contribution in [1.29, 1.82) is 0 Å². The van der Waals surface area contributed by atoms with Gasteiger partial charge in [0.1, 0.15) is 23.8 Å². The van der Waals surface area contributed by atoms with Crippen molar-refractivity contribution in [3.05, 3.63) is 18.1 Å². The Morgan fingerprint density at radius 1 is 1.29 bits per heavy atom. The zero-order chi connectivity index (χ0) is 15.1. The zero-order valence-corrected chi connectivity index (χ0v) is 11.0. The predicted molar refractivity (Wildman–Crippen MR) is 70.9 cm³/mol. The number of imidazole rings is 1. The van der Waals surface area contributed by atoms with Crippen molar-refractivity contribution >= 4 is 16.9 Å². The minimum atomic E-state index is -1.22. The Hall–Kier alpha value is -1.78. The summed E-state index contributed by atoms with van der Waals surface area (Å²) in [4.78, 5) is 8.09. The molecule has 3 rings (SSSR count). The quantitative estimate of drug-likeness (QED) is 0.442. The Morgan fingerprint density at radius 3 is 2.67 bits per heavy atom. The van der Waals surface area contributed by atoms with Gasteiger partial charge in [-0.05, 0) is 6.07 Å². The summed E-state index contributed by atoms with van der Waals surface area (Å²) in [6.07, 6.45) is -2.79. The maximum Gasteiger partial charge on any atom is 0.164 e. The Kier molecular flexibility index (Phi) is 3.51. The van der Waals surface area contributed by atoms with Crippen LogP contribution in [0.2, 0.25) is 0 Å². The summed E-state index contributed by atoms with van der Waals surface area (Å²) in [5.74, 6) is 0.155. The highest BCUT2D eigenvalue weighted by molar-refractivity contribution is 5.85. The highest BCUT2D eigenvalue weighted by atomic mass is 16.6. The van der Waals surface area contributed by atoms with E-state index < -0.39 is 31.1 Å². The highest BCUT2D eigenvalue weighted by Crippen LogP contribution is 2.32. The van der Waals surface area contributed by atoms with E-state index in [1.807, 2.05) is 0 Å². The van der Waals surface area contributed by atoms with Crippen LogP contribution in [0.15, 0.2) is 12.4 Å². The number of hydrogen-bond acceptors (Lipinski definition) is 8. The third-order valence-corrected chi connectivity index (χ3v) is 3.60. The number of pyridine rings is 1. The number of nitrogens with two attached hydrogens (primary N) is 1. The second-order valence-corrected chi connectivity index (χ2v) is 4.91. The first kappa shape index (κ1) is 14.2. The number of nitrogens with zero attached hydrogens (tertiary/aromatic N) is 3. The molecule has 0 bridgehead atoms. The van der Waals surface area contributed by atoms with E-state index in [4.69, 9.17) is 15.6 Å². The van der Waals surface area contributed by atoms with Gasteiger partial charge in [-0.15, -0.1) is 0 Å². The lowest BCUT2D eigenvalue weighted by molar-refractivity contribution is -0.0508. The monoisotopic (exact) mass is 296 g/mol. The number of ether oxygens (including phenoxy) is 1. The fraction of sp³-hybridized carbons (Fsp3) is 0.500. The van der Waals surface area contributed by atoms with E-state index in [1.165, 1.54) is 10.9 Å². The molecule has 21 heavy (non-hydrogen) atoms. The molecule has 1 aliphatic rings. The number of nitrogen functional groups attached to an aromatic ring is 1. The third kappa shape index (κ3) is 2.15. The molecule has 4 atom stereocenters. The van der Waals surface area contributed by atoms with E-state index in [0.717, 1.165) is 0 Å². The van der Waals surface area contributed by atoms with Crippen LogP contribution >= 0.6 is 0 Å². The van der Waals surface area contributed by atoms with E-state index in [0.29, 0.717) is 16.7 Å². The van der Waals surface area contributed by atoms with Crippen LogP contribution in [-0.2, 0) is 11.3 Å². The number of fused-ring (bicyclic) bond motifs is 1. The molecule has 0 spiro atoms. The van der Waals surface area contributed by atoms with Crippen LogP contribution in [0.1, 0.15) is 11.9 Å². The van der Waals surface area contributed by atoms with Gasteiger partial charge in [0.05, 0.1) is 30.8 Å². The first-order chi connectivity index (χ1) is 10.1. The van der Waals surface area contributed by atoms with Crippen LogP contribution < -0.4 is 5.73 Å². The van der Waals surface area contributed by atoms with Gasteiger partial charge in [0.15, 0.2) is 12.0 Å². The summed E-state index contributed by atoms with van der Waals surface area (Å²) in [5.41, 5.74) is 7.05. The molecule has 2 aromatic heterocycles. The molecule has 6 N–H and O–H groups in total. The van der Waals surface area contributed by atoms with Gasteiger partial charge in [-0.2, -0.15) is 0 Å². The molecule has 0 aromatic carbocycles. The Balaban J connectivity index is 2.07. The largest absolute Gasteiger partial charge is 0.394 e. The molecular formula is C12H16N4O5. The Bertz CT molecular complexity index is 660. The molecule has 1 aliphatic heterocycles.